The lowest BCUT2D eigenvalue weighted by Crippen LogP contribution is -1.92. The van der Waals surface area contributed by atoms with Crippen LogP contribution in [0.5, 0.6) is 0 Å². The summed E-state index contributed by atoms with van der Waals surface area (Å²) in [6, 6.07) is 7.94. The van der Waals surface area contributed by atoms with Gasteiger partial charge in [0.1, 0.15) is 5.76 Å². The SMILES string of the molecule is Cc1occc1Sc1c(N)cnc2ccc(Br)cc12. The van der Waals surface area contributed by atoms with Crippen molar-refractivity contribution in [3.05, 3.63) is 47.0 Å². The first-order chi connectivity index (χ1) is 9.15. The molecule has 3 rings (SSSR count). The number of nitrogen functional groups attached to an aromatic ring is 1. The van der Waals surface area contributed by atoms with Crippen molar-refractivity contribution in [3.63, 3.8) is 0 Å². The number of anilines is 1. The van der Waals surface area contributed by atoms with Crippen molar-refractivity contribution in [2.24, 2.45) is 0 Å². The summed E-state index contributed by atoms with van der Waals surface area (Å²) >= 11 is 5.09. The molecule has 1 aromatic carbocycles. The monoisotopic (exact) mass is 334 g/mol. The molecule has 0 spiro atoms. The van der Waals surface area contributed by atoms with Crippen LogP contribution in [-0.2, 0) is 0 Å². The maximum Gasteiger partial charge on any atom is 0.114 e. The maximum atomic E-state index is 6.07. The molecule has 0 fully saturated rings. The molecule has 0 saturated heterocycles. The maximum absolute atomic E-state index is 6.07. The van der Waals surface area contributed by atoms with E-state index in [1.807, 2.05) is 31.2 Å². The van der Waals surface area contributed by atoms with Crippen LogP contribution >= 0.6 is 27.7 Å². The van der Waals surface area contributed by atoms with E-state index in [0.717, 1.165) is 30.9 Å². The summed E-state index contributed by atoms with van der Waals surface area (Å²) in [4.78, 5) is 6.43. The quantitative estimate of drug-likeness (QED) is 0.742. The molecule has 3 nitrogen and oxygen atoms in total. The van der Waals surface area contributed by atoms with Gasteiger partial charge in [-0.1, -0.05) is 27.7 Å². The molecular weight excluding hydrogens is 324 g/mol. The lowest BCUT2D eigenvalue weighted by atomic mass is 10.2. The number of rotatable bonds is 2. The molecule has 0 radical (unpaired) electrons. The van der Waals surface area contributed by atoms with Crippen molar-refractivity contribution in [2.75, 3.05) is 5.73 Å². The Bertz CT molecular complexity index is 749. The van der Waals surface area contributed by atoms with E-state index in [1.54, 1.807) is 24.2 Å². The Morgan fingerprint density at radius 3 is 2.89 bits per heavy atom. The topological polar surface area (TPSA) is 52.0 Å². The van der Waals surface area contributed by atoms with Crippen LogP contribution in [-0.4, -0.2) is 4.98 Å². The number of nitrogens with two attached hydrogens (primary N) is 1. The van der Waals surface area contributed by atoms with Crippen LogP contribution in [0.25, 0.3) is 10.9 Å². The third-order valence-corrected chi connectivity index (χ3v) is 4.63. The molecular formula is C14H11BrN2OS. The number of hydrogen-bond donors (Lipinski definition) is 1. The fourth-order valence-electron chi connectivity index (χ4n) is 1.86. The van der Waals surface area contributed by atoms with E-state index in [4.69, 9.17) is 10.2 Å². The van der Waals surface area contributed by atoms with Crippen LogP contribution in [0.2, 0.25) is 0 Å². The Kier molecular flexibility index (Phi) is 3.24. The highest BCUT2D eigenvalue weighted by Gasteiger charge is 2.11. The number of fused-ring (bicyclic) bond motifs is 1. The van der Waals surface area contributed by atoms with Gasteiger partial charge < -0.3 is 10.2 Å². The first-order valence-corrected chi connectivity index (χ1v) is 7.32. The molecule has 3 aromatic rings. The molecule has 5 heteroatoms. The van der Waals surface area contributed by atoms with Crippen molar-refractivity contribution in [1.82, 2.24) is 4.98 Å². The molecule has 0 aliphatic carbocycles. The van der Waals surface area contributed by atoms with E-state index in [2.05, 4.69) is 20.9 Å². The van der Waals surface area contributed by atoms with Crippen LogP contribution in [0.1, 0.15) is 5.76 Å². The van der Waals surface area contributed by atoms with Crippen LogP contribution in [0.15, 0.2) is 55.4 Å². The molecule has 0 saturated carbocycles. The van der Waals surface area contributed by atoms with Crippen molar-refractivity contribution < 1.29 is 4.42 Å². The van der Waals surface area contributed by atoms with Crippen LogP contribution < -0.4 is 5.73 Å². The molecule has 0 atom stereocenters. The number of furan rings is 1. The van der Waals surface area contributed by atoms with E-state index in [9.17, 15) is 0 Å². The summed E-state index contributed by atoms with van der Waals surface area (Å²) in [5.41, 5.74) is 7.68. The van der Waals surface area contributed by atoms with Crippen molar-refractivity contribution in [3.8, 4) is 0 Å². The highest BCUT2D eigenvalue weighted by atomic mass is 79.9. The number of aromatic nitrogens is 1. The summed E-state index contributed by atoms with van der Waals surface area (Å²) in [5.74, 6) is 0.893. The third kappa shape index (κ3) is 2.35. The van der Waals surface area contributed by atoms with Crippen LogP contribution in [0.4, 0.5) is 5.69 Å². The lowest BCUT2D eigenvalue weighted by molar-refractivity contribution is 0.527. The van der Waals surface area contributed by atoms with Gasteiger partial charge in [-0.3, -0.25) is 4.98 Å². The number of benzene rings is 1. The third-order valence-electron chi connectivity index (χ3n) is 2.83. The van der Waals surface area contributed by atoms with Crippen molar-refractivity contribution >= 4 is 44.3 Å². The average molecular weight is 335 g/mol. The number of nitrogens with zero attached hydrogens (tertiary/aromatic N) is 1. The molecule has 96 valence electrons. The second-order valence-electron chi connectivity index (χ2n) is 4.15. The van der Waals surface area contributed by atoms with Gasteiger partial charge in [-0.15, -0.1) is 0 Å². The zero-order valence-electron chi connectivity index (χ0n) is 10.2. The van der Waals surface area contributed by atoms with Gasteiger partial charge in [0.25, 0.3) is 0 Å². The van der Waals surface area contributed by atoms with Crippen molar-refractivity contribution in [2.45, 2.75) is 16.7 Å². The summed E-state index contributed by atoms with van der Waals surface area (Å²) < 4.78 is 6.34. The number of hydrogen-bond acceptors (Lipinski definition) is 4. The summed E-state index contributed by atoms with van der Waals surface area (Å²) in [6.45, 7) is 1.94. The summed E-state index contributed by atoms with van der Waals surface area (Å²) in [5, 5.41) is 1.04. The van der Waals surface area contributed by atoms with Gasteiger partial charge >= 0.3 is 0 Å². The second-order valence-corrected chi connectivity index (χ2v) is 6.12. The minimum atomic E-state index is 0.677. The summed E-state index contributed by atoms with van der Waals surface area (Å²) in [6.07, 6.45) is 3.39. The van der Waals surface area contributed by atoms with Gasteiger partial charge in [-0.25, -0.2) is 0 Å². The predicted molar refractivity (Wildman–Crippen MR) is 81.4 cm³/mol. The van der Waals surface area contributed by atoms with E-state index >= 15 is 0 Å². The Labute approximate surface area is 123 Å². The number of pyridine rings is 1. The molecule has 0 bridgehead atoms. The zero-order chi connectivity index (χ0) is 13.4. The van der Waals surface area contributed by atoms with Crippen LogP contribution in [0.3, 0.4) is 0 Å². The highest BCUT2D eigenvalue weighted by Crippen LogP contribution is 2.39. The Balaban J connectivity index is 2.18. The van der Waals surface area contributed by atoms with Gasteiger partial charge in [0, 0.05) is 14.8 Å². The Morgan fingerprint density at radius 2 is 2.16 bits per heavy atom. The molecule has 0 unspecified atom stereocenters. The Morgan fingerprint density at radius 1 is 1.32 bits per heavy atom. The molecule has 2 N–H and O–H groups in total. The van der Waals surface area contributed by atoms with E-state index in [1.165, 1.54) is 0 Å². The van der Waals surface area contributed by atoms with Gasteiger partial charge in [0.2, 0.25) is 0 Å². The molecule has 2 aromatic heterocycles. The highest BCUT2D eigenvalue weighted by molar-refractivity contribution is 9.10. The fourth-order valence-corrected chi connectivity index (χ4v) is 3.20. The Hall–Kier alpha value is -1.46. The summed E-state index contributed by atoms with van der Waals surface area (Å²) in [7, 11) is 0. The average Bonchev–Trinajstić information content (AvgIpc) is 2.79. The molecule has 19 heavy (non-hydrogen) atoms. The number of aryl methyl sites for hydroxylation is 1. The minimum Gasteiger partial charge on any atom is -0.468 e. The first kappa shape index (κ1) is 12.6. The second kappa shape index (κ2) is 4.90. The molecule has 0 amide bonds. The predicted octanol–water partition coefficient (Wildman–Crippen LogP) is 4.63. The van der Waals surface area contributed by atoms with E-state index in [-0.39, 0.29) is 0 Å². The molecule has 2 heterocycles. The van der Waals surface area contributed by atoms with Crippen molar-refractivity contribution in [1.29, 1.82) is 0 Å². The first-order valence-electron chi connectivity index (χ1n) is 5.71. The smallest absolute Gasteiger partial charge is 0.114 e. The van der Waals surface area contributed by atoms with E-state index in [0.29, 0.717) is 5.69 Å². The lowest BCUT2D eigenvalue weighted by Gasteiger charge is -2.08. The van der Waals surface area contributed by atoms with Crippen LogP contribution in [0, 0.1) is 6.92 Å². The van der Waals surface area contributed by atoms with Gasteiger partial charge in [-0.2, -0.15) is 0 Å². The fraction of sp³-hybridized carbons (Fsp3) is 0.0714. The largest absolute Gasteiger partial charge is 0.468 e. The van der Waals surface area contributed by atoms with Gasteiger partial charge in [0.15, 0.2) is 0 Å². The zero-order valence-corrected chi connectivity index (χ0v) is 12.6. The molecule has 0 aliphatic rings. The van der Waals surface area contributed by atoms with Gasteiger partial charge in [0.05, 0.1) is 28.6 Å². The normalized spacial score (nSPS) is 11.1. The number of halogens is 1. The van der Waals surface area contributed by atoms with Gasteiger partial charge in [-0.05, 0) is 31.2 Å². The van der Waals surface area contributed by atoms with E-state index < -0.39 is 0 Å². The standard InChI is InChI=1S/C14H11BrN2OS/c1-8-13(4-5-18-8)19-14-10-6-9(15)2-3-12(10)17-7-11(14)16/h2-7H,16H2,1H3. The molecule has 0 aliphatic heterocycles. The minimum absolute atomic E-state index is 0.677.